The Balaban J connectivity index is 1.76. The van der Waals surface area contributed by atoms with Crippen molar-refractivity contribution in [3.05, 3.63) is 88.1 Å². The van der Waals surface area contributed by atoms with Crippen LogP contribution in [-0.2, 0) is 14.3 Å². The van der Waals surface area contributed by atoms with Gasteiger partial charge in [0.05, 0.1) is 23.4 Å². The number of fused-ring (bicyclic) bond motifs is 3. The van der Waals surface area contributed by atoms with Gasteiger partial charge in [-0.05, 0) is 35.6 Å². The molecule has 33 heavy (non-hydrogen) atoms. The van der Waals surface area contributed by atoms with Gasteiger partial charge in [0.25, 0.3) is 5.91 Å². The van der Waals surface area contributed by atoms with Crippen LogP contribution in [0.4, 0.5) is 5.69 Å². The molecule has 1 aromatic heterocycles. The van der Waals surface area contributed by atoms with Gasteiger partial charge in [-0.3, -0.25) is 14.4 Å². The van der Waals surface area contributed by atoms with E-state index in [2.05, 4.69) is 0 Å². The molecule has 2 aromatic carbocycles. The van der Waals surface area contributed by atoms with Gasteiger partial charge in [0.2, 0.25) is 5.91 Å². The van der Waals surface area contributed by atoms with Gasteiger partial charge in [-0.1, -0.05) is 54.6 Å². The maximum atomic E-state index is 13.9. The number of benzene rings is 2. The number of rotatable bonds is 4. The Hall–Kier alpha value is -3.45. The number of amides is 2. The average Bonchev–Trinajstić information content (AvgIpc) is 3.50. The van der Waals surface area contributed by atoms with E-state index in [1.54, 1.807) is 29.8 Å². The molecule has 7 heteroatoms. The Morgan fingerprint density at radius 3 is 2.39 bits per heavy atom. The molecule has 2 aliphatic rings. The number of ether oxygens (including phenoxy) is 1. The number of nitrogens with zero attached hydrogens (tertiary/aromatic N) is 2. The van der Waals surface area contributed by atoms with Gasteiger partial charge in [0.15, 0.2) is 0 Å². The van der Waals surface area contributed by atoms with Crippen molar-refractivity contribution in [1.29, 1.82) is 0 Å². The van der Waals surface area contributed by atoms with Crippen molar-refractivity contribution in [3.63, 3.8) is 0 Å². The second-order valence-electron chi connectivity index (χ2n) is 8.25. The predicted molar refractivity (Wildman–Crippen MR) is 126 cm³/mol. The lowest BCUT2D eigenvalue weighted by atomic mass is 9.77. The van der Waals surface area contributed by atoms with Crippen molar-refractivity contribution >= 4 is 34.8 Å². The summed E-state index contributed by atoms with van der Waals surface area (Å²) in [5.41, 5.74) is 2.45. The van der Waals surface area contributed by atoms with Gasteiger partial charge in [-0.25, -0.2) is 0 Å². The molecule has 0 spiro atoms. The fourth-order valence-corrected chi connectivity index (χ4v) is 5.92. The number of thiophene rings is 1. The second kappa shape index (κ2) is 8.48. The lowest BCUT2D eigenvalue weighted by Gasteiger charge is -2.38. The summed E-state index contributed by atoms with van der Waals surface area (Å²) >= 11 is 1.33. The third kappa shape index (κ3) is 3.35. The molecule has 0 radical (unpaired) electrons. The minimum absolute atomic E-state index is 0.198. The molecule has 3 heterocycles. The Morgan fingerprint density at radius 1 is 0.970 bits per heavy atom. The lowest BCUT2D eigenvalue weighted by Crippen LogP contribution is -2.51. The normalized spacial score (nSPS) is 23.8. The SMILES string of the molecule is CCOC(=O)[C@@H]1[C@H]2c3ccccc3N(C)C(=O)[C@H]2N(C(=O)c2cccs2)[C@@H]1c1ccccc1. The molecule has 0 saturated carbocycles. The monoisotopic (exact) mass is 460 g/mol. The number of carbonyl (C=O) groups excluding carboxylic acids is 3. The van der Waals surface area contributed by atoms with Gasteiger partial charge in [-0.15, -0.1) is 11.3 Å². The van der Waals surface area contributed by atoms with Crippen molar-refractivity contribution in [1.82, 2.24) is 4.90 Å². The molecule has 0 bridgehead atoms. The molecule has 0 N–H and O–H groups in total. The largest absolute Gasteiger partial charge is 0.466 e. The van der Waals surface area contributed by atoms with Gasteiger partial charge in [0, 0.05) is 18.7 Å². The second-order valence-corrected chi connectivity index (χ2v) is 9.20. The highest BCUT2D eigenvalue weighted by molar-refractivity contribution is 7.12. The van der Waals surface area contributed by atoms with Crippen molar-refractivity contribution in [2.75, 3.05) is 18.6 Å². The van der Waals surface area contributed by atoms with E-state index in [9.17, 15) is 14.4 Å². The van der Waals surface area contributed by atoms with Crippen molar-refractivity contribution in [2.24, 2.45) is 5.92 Å². The third-order valence-corrected chi connectivity index (χ3v) is 7.43. The molecule has 168 valence electrons. The fourth-order valence-electron chi connectivity index (χ4n) is 5.25. The van der Waals surface area contributed by atoms with E-state index < -0.39 is 29.9 Å². The maximum absolute atomic E-state index is 13.9. The number of likely N-dealkylation sites (N-methyl/N-ethyl adjacent to an activating group) is 1. The number of likely N-dealkylation sites (tertiary alicyclic amines) is 1. The predicted octanol–water partition coefficient (Wildman–Crippen LogP) is 4.25. The van der Waals surface area contributed by atoms with Crippen LogP contribution >= 0.6 is 11.3 Å². The number of para-hydroxylation sites is 1. The van der Waals surface area contributed by atoms with E-state index in [-0.39, 0.29) is 18.4 Å². The van der Waals surface area contributed by atoms with E-state index in [0.717, 1.165) is 16.8 Å². The summed E-state index contributed by atoms with van der Waals surface area (Å²) < 4.78 is 5.52. The third-order valence-electron chi connectivity index (χ3n) is 6.57. The zero-order valence-electron chi connectivity index (χ0n) is 18.4. The Kier molecular flexibility index (Phi) is 5.50. The first-order chi connectivity index (χ1) is 16.0. The summed E-state index contributed by atoms with van der Waals surface area (Å²) in [5.74, 6) is -2.05. The summed E-state index contributed by atoms with van der Waals surface area (Å²) in [4.78, 5) is 44.8. The molecule has 6 nitrogen and oxygen atoms in total. The van der Waals surface area contributed by atoms with E-state index >= 15 is 0 Å². The van der Waals surface area contributed by atoms with E-state index in [1.165, 1.54) is 11.3 Å². The topological polar surface area (TPSA) is 66.9 Å². The van der Waals surface area contributed by atoms with Crippen LogP contribution in [0.15, 0.2) is 72.1 Å². The van der Waals surface area contributed by atoms with E-state index in [0.29, 0.717) is 4.88 Å². The van der Waals surface area contributed by atoms with Crippen LogP contribution in [0.1, 0.15) is 39.7 Å². The highest BCUT2D eigenvalue weighted by Crippen LogP contribution is 2.55. The minimum atomic E-state index is -0.806. The molecule has 4 atom stereocenters. The standard InChI is InChI=1S/C26H24N2O4S/c1-3-32-26(31)21-20-17-12-7-8-13-18(17)27(2)25(30)23(20)28(24(29)19-14-9-15-33-19)22(21)16-10-5-4-6-11-16/h4-15,20-23H,3H2,1-2H3/t20-,21-,22-,23+/m1/s1. The van der Waals surface area contributed by atoms with Gasteiger partial charge in [0.1, 0.15) is 6.04 Å². The molecule has 0 aliphatic carbocycles. The molecule has 3 aromatic rings. The summed E-state index contributed by atoms with van der Waals surface area (Å²) in [6.45, 7) is 1.99. The van der Waals surface area contributed by atoms with Crippen LogP contribution in [0.25, 0.3) is 0 Å². The van der Waals surface area contributed by atoms with Gasteiger partial charge in [-0.2, -0.15) is 0 Å². The number of anilines is 1. The van der Waals surface area contributed by atoms with Crippen LogP contribution in [0.2, 0.25) is 0 Å². The van der Waals surface area contributed by atoms with Crippen molar-refractivity contribution in [2.45, 2.75) is 24.9 Å². The number of hydrogen-bond acceptors (Lipinski definition) is 5. The average molecular weight is 461 g/mol. The van der Waals surface area contributed by atoms with Crippen LogP contribution in [0, 0.1) is 5.92 Å². The van der Waals surface area contributed by atoms with Gasteiger partial charge >= 0.3 is 5.97 Å². The molecule has 2 amide bonds. The zero-order valence-corrected chi connectivity index (χ0v) is 19.2. The Labute approximate surface area is 196 Å². The highest BCUT2D eigenvalue weighted by atomic mass is 32.1. The highest BCUT2D eigenvalue weighted by Gasteiger charge is 2.61. The fraction of sp³-hybridized carbons (Fsp3) is 0.269. The summed E-state index contributed by atoms with van der Waals surface area (Å²) in [6.07, 6.45) is 0. The van der Waals surface area contributed by atoms with Gasteiger partial charge < -0.3 is 14.5 Å². The number of hydrogen-bond donors (Lipinski definition) is 0. The van der Waals surface area contributed by atoms with E-state index in [4.69, 9.17) is 4.74 Å². The first-order valence-electron chi connectivity index (χ1n) is 11.0. The quantitative estimate of drug-likeness (QED) is 0.546. The molecule has 1 fully saturated rings. The van der Waals surface area contributed by atoms with Crippen LogP contribution < -0.4 is 4.90 Å². The molecular weight excluding hydrogens is 436 g/mol. The van der Waals surface area contributed by atoms with Crippen molar-refractivity contribution < 1.29 is 19.1 Å². The lowest BCUT2D eigenvalue weighted by molar-refractivity contribution is -0.149. The van der Waals surface area contributed by atoms with Crippen LogP contribution in [0.3, 0.4) is 0 Å². The molecular formula is C26H24N2O4S. The molecule has 1 saturated heterocycles. The zero-order chi connectivity index (χ0) is 23.1. The molecule has 0 unspecified atom stereocenters. The van der Waals surface area contributed by atoms with Crippen LogP contribution in [-0.4, -0.2) is 42.4 Å². The summed E-state index contributed by atoms with van der Waals surface area (Å²) in [6, 6.07) is 19.2. The smallest absolute Gasteiger partial charge is 0.312 e. The first kappa shape index (κ1) is 21.4. The van der Waals surface area contributed by atoms with E-state index in [1.807, 2.05) is 66.0 Å². The number of carbonyl (C=O) groups is 3. The maximum Gasteiger partial charge on any atom is 0.312 e. The minimum Gasteiger partial charge on any atom is -0.466 e. The Bertz CT molecular complexity index is 1190. The molecule has 5 rings (SSSR count). The molecule has 2 aliphatic heterocycles. The van der Waals surface area contributed by atoms with Crippen LogP contribution in [0.5, 0.6) is 0 Å². The number of esters is 1. The first-order valence-corrected chi connectivity index (χ1v) is 11.9. The summed E-state index contributed by atoms with van der Waals surface area (Å²) in [5, 5.41) is 1.84. The summed E-state index contributed by atoms with van der Waals surface area (Å²) in [7, 11) is 1.72. The Morgan fingerprint density at radius 2 is 1.70 bits per heavy atom. The van der Waals surface area contributed by atoms with Crippen molar-refractivity contribution in [3.8, 4) is 0 Å².